The number of hydrogen-bond donors (Lipinski definition) is 3. The lowest BCUT2D eigenvalue weighted by atomic mass is 9.99. The minimum atomic E-state index is -0.0873. The van der Waals surface area contributed by atoms with Gasteiger partial charge in [0.2, 0.25) is 5.91 Å². The van der Waals surface area contributed by atoms with Crippen LogP contribution in [0.2, 0.25) is 0 Å². The molecular weight excluding hydrogens is 466 g/mol. The van der Waals surface area contributed by atoms with Gasteiger partial charge in [0, 0.05) is 61.9 Å². The van der Waals surface area contributed by atoms with E-state index in [0.717, 1.165) is 48.3 Å². The zero-order valence-electron chi connectivity index (χ0n) is 21.7. The lowest BCUT2D eigenvalue weighted by Crippen LogP contribution is -2.54. The number of nitrogens with one attached hydrogen (secondary N) is 1. The van der Waals surface area contributed by atoms with Gasteiger partial charge in [0.1, 0.15) is 5.84 Å². The monoisotopic (exact) mass is 503 g/mol. The highest BCUT2D eigenvalue weighted by Gasteiger charge is 2.24. The minimum absolute atomic E-state index is 0.00855. The topological polar surface area (TPSA) is 111 Å². The summed E-state index contributed by atoms with van der Waals surface area (Å²) in [5, 5.41) is 12.6. The van der Waals surface area contributed by atoms with Crippen molar-refractivity contribution in [2.75, 3.05) is 39.3 Å². The third-order valence-corrected chi connectivity index (χ3v) is 6.77. The van der Waals surface area contributed by atoms with Gasteiger partial charge in [0.05, 0.1) is 12.3 Å². The standard InChI is InChI=1S/C29H37N5O3/c1-3-12-33(13-4-2)29(37)24-15-23-10-9-22(16-26(23)32-27(30)17-24)20-5-7-21(8-6-20)28(36)34-14-11-31-25(18-34)19-35/h5-10,15-16,25,31,35H,3-4,11-14,17-19H2,1-2H3,(H2,30,32). The number of nitrogens with zero attached hydrogens (tertiary/aromatic N) is 3. The second kappa shape index (κ2) is 12.2. The fourth-order valence-corrected chi connectivity index (χ4v) is 4.89. The van der Waals surface area contributed by atoms with Crippen LogP contribution < -0.4 is 11.1 Å². The molecule has 2 amide bonds. The maximum atomic E-state index is 13.2. The quantitative estimate of drug-likeness (QED) is 0.512. The largest absolute Gasteiger partial charge is 0.395 e. The number of aliphatic hydroxyl groups is 1. The molecule has 2 aliphatic heterocycles. The summed E-state index contributed by atoms with van der Waals surface area (Å²) in [6, 6.07) is 13.4. The molecular formula is C29H37N5O3. The average molecular weight is 504 g/mol. The van der Waals surface area contributed by atoms with E-state index in [4.69, 9.17) is 5.73 Å². The number of aliphatic imine (C=N–C) groups is 1. The van der Waals surface area contributed by atoms with Crippen LogP contribution in [-0.4, -0.2) is 77.9 Å². The van der Waals surface area contributed by atoms with E-state index in [-0.39, 0.29) is 24.5 Å². The van der Waals surface area contributed by atoms with Crippen LogP contribution in [-0.2, 0) is 4.79 Å². The molecule has 2 aromatic rings. The zero-order valence-corrected chi connectivity index (χ0v) is 21.7. The first-order valence-corrected chi connectivity index (χ1v) is 13.1. The Morgan fingerprint density at radius 3 is 2.49 bits per heavy atom. The predicted molar refractivity (Wildman–Crippen MR) is 148 cm³/mol. The van der Waals surface area contributed by atoms with E-state index in [1.54, 1.807) is 4.90 Å². The minimum Gasteiger partial charge on any atom is -0.395 e. The van der Waals surface area contributed by atoms with Crippen molar-refractivity contribution in [3.63, 3.8) is 0 Å². The maximum absolute atomic E-state index is 13.2. The van der Waals surface area contributed by atoms with Gasteiger partial charge in [0.15, 0.2) is 0 Å². The van der Waals surface area contributed by atoms with Crippen LogP contribution in [0.4, 0.5) is 5.69 Å². The van der Waals surface area contributed by atoms with Crippen LogP contribution in [0, 0.1) is 0 Å². The Bertz CT molecular complexity index is 1180. The Balaban J connectivity index is 1.55. The summed E-state index contributed by atoms with van der Waals surface area (Å²) in [4.78, 5) is 34.4. The fraction of sp³-hybridized carbons (Fsp3) is 0.414. The summed E-state index contributed by atoms with van der Waals surface area (Å²) in [5.41, 5.74) is 11.0. The van der Waals surface area contributed by atoms with Crippen molar-refractivity contribution in [2.24, 2.45) is 10.7 Å². The molecule has 37 heavy (non-hydrogen) atoms. The highest BCUT2D eigenvalue weighted by atomic mass is 16.3. The van der Waals surface area contributed by atoms with Crippen LogP contribution >= 0.6 is 0 Å². The number of rotatable bonds is 8. The van der Waals surface area contributed by atoms with Crippen LogP contribution in [0.1, 0.15) is 49.0 Å². The van der Waals surface area contributed by atoms with Crippen molar-refractivity contribution >= 4 is 29.4 Å². The Kier molecular flexibility index (Phi) is 8.74. The SMILES string of the molecule is CCCN(CCC)C(=O)C1=Cc2ccc(-c3ccc(C(=O)N4CCNC(CO)C4)cc3)cc2N=C(N)C1. The average Bonchev–Trinajstić information content (AvgIpc) is 3.09. The third-order valence-electron chi connectivity index (χ3n) is 6.77. The molecule has 8 heteroatoms. The van der Waals surface area contributed by atoms with Crippen molar-refractivity contribution < 1.29 is 14.7 Å². The molecule has 0 bridgehead atoms. The van der Waals surface area contributed by atoms with Crippen LogP contribution in [0.15, 0.2) is 53.0 Å². The van der Waals surface area contributed by atoms with E-state index in [1.165, 1.54) is 0 Å². The Morgan fingerprint density at radius 2 is 1.81 bits per heavy atom. The molecule has 4 rings (SSSR count). The smallest absolute Gasteiger partial charge is 0.253 e. The first kappa shape index (κ1) is 26.6. The Morgan fingerprint density at radius 1 is 1.11 bits per heavy atom. The fourth-order valence-electron chi connectivity index (χ4n) is 4.89. The number of piperazine rings is 1. The lowest BCUT2D eigenvalue weighted by molar-refractivity contribution is -0.127. The van der Waals surface area contributed by atoms with E-state index >= 15 is 0 Å². The molecule has 0 radical (unpaired) electrons. The summed E-state index contributed by atoms with van der Waals surface area (Å²) in [6.07, 6.45) is 4.06. The number of benzene rings is 2. The van der Waals surface area contributed by atoms with Gasteiger partial charge in [-0.2, -0.15) is 0 Å². The summed E-state index contributed by atoms with van der Waals surface area (Å²) in [5.74, 6) is 0.406. The number of fused-ring (bicyclic) bond motifs is 1. The van der Waals surface area contributed by atoms with E-state index in [2.05, 4.69) is 24.2 Å². The Labute approximate surface area is 218 Å². The third kappa shape index (κ3) is 6.26. The second-order valence-corrected chi connectivity index (χ2v) is 9.68. The molecule has 0 spiro atoms. The molecule has 1 atom stereocenters. The number of carbonyl (C=O) groups excluding carboxylic acids is 2. The van der Waals surface area contributed by atoms with Crippen molar-refractivity contribution in [1.29, 1.82) is 0 Å². The van der Waals surface area contributed by atoms with Crippen LogP contribution in [0.5, 0.6) is 0 Å². The Hall–Kier alpha value is -3.49. The summed E-state index contributed by atoms with van der Waals surface area (Å²) in [7, 11) is 0. The van der Waals surface area contributed by atoms with E-state index in [9.17, 15) is 14.7 Å². The molecule has 1 fully saturated rings. The van der Waals surface area contributed by atoms with E-state index in [0.29, 0.717) is 43.0 Å². The number of carbonyl (C=O) groups is 2. The number of aliphatic hydroxyl groups excluding tert-OH is 1. The molecule has 1 unspecified atom stereocenters. The number of amides is 2. The highest BCUT2D eigenvalue weighted by Crippen LogP contribution is 2.32. The molecule has 2 aromatic carbocycles. The van der Waals surface area contributed by atoms with Gasteiger partial charge in [-0.15, -0.1) is 0 Å². The molecule has 196 valence electrons. The van der Waals surface area contributed by atoms with Crippen molar-refractivity contribution in [1.82, 2.24) is 15.1 Å². The zero-order chi connectivity index (χ0) is 26.4. The van der Waals surface area contributed by atoms with E-state index in [1.807, 2.05) is 53.4 Å². The first-order chi connectivity index (χ1) is 17.9. The molecule has 0 aromatic heterocycles. The lowest BCUT2D eigenvalue weighted by Gasteiger charge is -2.32. The molecule has 1 saturated heterocycles. The molecule has 0 aliphatic carbocycles. The normalized spacial score (nSPS) is 17.4. The number of hydrogen-bond acceptors (Lipinski definition) is 6. The maximum Gasteiger partial charge on any atom is 0.253 e. The molecule has 8 nitrogen and oxygen atoms in total. The van der Waals surface area contributed by atoms with Gasteiger partial charge in [0.25, 0.3) is 5.91 Å². The molecule has 0 saturated carbocycles. The second-order valence-electron chi connectivity index (χ2n) is 9.68. The van der Waals surface area contributed by atoms with Gasteiger partial charge < -0.3 is 26.0 Å². The van der Waals surface area contributed by atoms with Crippen LogP contribution in [0.3, 0.4) is 0 Å². The number of amidine groups is 1. The van der Waals surface area contributed by atoms with Crippen molar-refractivity contribution in [3.05, 3.63) is 59.2 Å². The van der Waals surface area contributed by atoms with Gasteiger partial charge in [-0.05, 0) is 48.2 Å². The van der Waals surface area contributed by atoms with Gasteiger partial charge >= 0.3 is 0 Å². The van der Waals surface area contributed by atoms with Gasteiger partial charge in [-0.3, -0.25) is 9.59 Å². The van der Waals surface area contributed by atoms with Crippen LogP contribution in [0.25, 0.3) is 17.2 Å². The van der Waals surface area contributed by atoms with E-state index < -0.39 is 0 Å². The summed E-state index contributed by atoms with van der Waals surface area (Å²) < 4.78 is 0. The summed E-state index contributed by atoms with van der Waals surface area (Å²) >= 11 is 0. The summed E-state index contributed by atoms with van der Waals surface area (Å²) in [6.45, 7) is 7.39. The number of nitrogens with two attached hydrogens (primary N) is 1. The predicted octanol–water partition coefficient (Wildman–Crippen LogP) is 3.18. The molecule has 2 heterocycles. The van der Waals surface area contributed by atoms with Gasteiger partial charge in [-0.25, -0.2) is 4.99 Å². The van der Waals surface area contributed by atoms with Crippen molar-refractivity contribution in [2.45, 2.75) is 39.2 Å². The first-order valence-electron chi connectivity index (χ1n) is 13.1. The van der Waals surface area contributed by atoms with Crippen molar-refractivity contribution in [3.8, 4) is 11.1 Å². The highest BCUT2D eigenvalue weighted by molar-refractivity contribution is 6.05. The van der Waals surface area contributed by atoms with Gasteiger partial charge in [-0.1, -0.05) is 38.1 Å². The molecule has 4 N–H and O–H groups in total. The molecule has 2 aliphatic rings.